The molecule has 1 aromatic carbocycles. The molecule has 186 valence electrons. The van der Waals surface area contributed by atoms with E-state index in [0.29, 0.717) is 17.7 Å². The fourth-order valence-corrected chi connectivity index (χ4v) is 5.75. The Morgan fingerprint density at radius 3 is 2.44 bits per heavy atom. The van der Waals surface area contributed by atoms with Gasteiger partial charge in [-0.2, -0.15) is 0 Å². The van der Waals surface area contributed by atoms with Gasteiger partial charge in [0.15, 0.2) is 5.78 Å². The summed E-state index contributed by atoms with van der Waals surface area (Å²) in [6.45, 7) is 12.3. The molecule has 8 heteroatoms. The third-order valence-electron chi connectivity index (χ3n) is 7.69. The zero-order chi connectivity index (χ0) is 24.8. The molecule has 3 aliphatic rings. The first-order valence-electron chi connectivity index (χ1n) is 12.3. The van der Waals surface area contributed by atoms with E-state index in [1.54, 1.807) is 11.0 Å². The van der Waals surface area contributed by atoms with E-state index in [0.717, 1.165) is 38.3 Å². The molecular weight excluding hydrogens is 432 g/mol. The average molecular weight is 471 g/mol. The number of anilines is 1. The standard InChI is InChI=1S/C26H38N4O4/c1-6-16-14-30(22-20(31)15-34-23(16)22)25(33)21(26(2,3)4)19-13-17(7-8-18(19)24(27)32)29-11-9-28(5)10-12-29/h7-8,13,16,21-23H,6,9-12,14-15H2,1-5H3,(H2,27,32)/t16-,21-,22+,23+/m0/s1. The highest BCUT2D eigenvalue weighted by Crippen LogP contribution is 2.43. The molecule has 0 saturated carbocycles. The van der Waals surface area contributed by atoms with E-state index in [2.05, 4.69) is 23.8 Å². The van der Waals surface area contributed by atoms with Crippen molar-refractivity contribution in [1.82, 2.24) is 9.80 Å². The predicted molar refractivity (Wildman–Crippen MR) is 131 cm³/mol. The quantitative estimate of drug-likeness (QED) is 0.706. The van der Waals surface area contributed by atoms with Crippen LogP contribution < -0.4 is 10.6 Å². The molecule has 3 saturated heterocycles. The first-order chi connectivity index (χ1) is 16.0. The molecule has 0 spiro atoms. The number of hydrogen-bond donors (Lipinski definition) is 1. The number of fused-ring (bicyclic) bond motifs is 1. The Morgan fingerprint density at radius 2 is 1.85 bits per heavy atom. The van der Waals surface area contributed by atoms with E-state index in [9.17, 15) is 14.4 Å². The number of piperazine rings is 1. The summed E-state index contributed by atoms with van der Waals surface area (Å²) in [5.41, 5.74) is 7.29. The van der Waals surface area contributed by atoms with Gasteiger partial charge in [0.25, 0.3) is 0 Å². The number of primary amides is 1. The van der Waals surface area contributed by atoms with Gasteiger partial charge in [0.05, 0.1) is 12.0 Å². The Kier molecular flexibility index (Phi) is 6.75. The molecule has 2 amide bonds. The zero-order valence-corrected chi connectivity index (χ0v) is 21.0. The number of likely N-dealkylation sites (N-methyl/N-ethyl adjacent to an activating group) is 1. The van der Waals surface area contributed by atoms with Crippen molar-refractivity contribution in [3.8, 4) is 0 Å². The summed E-state index contributed by atoms with van der Waals surface area (Å²) in [6.07, 6.45) is 0.596. The van der Waals surface area contributed by atoms with Crippen LogP contribution in [0.15, 0.2) is 18.2 Å². The molecule has 0 radical (unpaired) electrons. The normalized spacial score (nSPS) is 26.6. The molecule has 2 N–H and O–H groups in total. The second-order valence-electron chi connectivity index (χ2n) is 11.1. The third-order valence-corrected chi connectivity index (χ3v) is 7.69. The van der Waals surface area contributed by atoms with E-state index in [1.807, 2.05) is 32.9 Å². The van der Waals surface area contributed by atoms with E-state index in [-0.39, 0.29) is 30.3 Å². The molecule has 0 unspecified atom stereocenters. The van der Waals surface area contributed by atoms with Crippen LogP contribution in [-0.2, 0) is 14.3 Å². The van der Waals surface area contributed by atoms with Crippen LogP contribution in [0, 0.1) is 11.3 Å². The second-order valence-corrected chi connectivity index (χ2v) is 11.1. The van der Waals surface area contributed by atoms with Gasteiger partial charge in [-0.15, -0.1) is 0 Å². The number of hydrogen-bond acceptors (Lipinski definition) is 6. The number of carbonyl (C=O) groups is 3. The lowest BCUT2D eigenvalue weighted by atomic mass is 9.73. The zero-order valence-electron chi connectivity index (χ0n) is 21.0. The summed E-state index contributed by atoms with van der Waals surface area (Å²) in [5.74, 6) is -1.20. The number of ether oxygens (including phenoxy) is 1. The summed E-state index contributed by atoms with van der Waals surface area (Å²) in [6, 6.07) is 5.10. The molecule has 0 aliphatic carbocycles. The number of nitrogens with two attached hydrogens (primary N) is 1. The number of rotatable bonds is 5. The lowest BCUT2D eigenvalue weighted by Gasteiger charge is -2.37. The van der Waals surface area contributed by atoms with E-state index in [1.165, 1.54) is 0 Å². The minimum absolute atomic E-state index is 0.0386. The summed E-state index contributed by atoms with van der Waals surface area (Å²) in [7, 11) is 2.11. The van der Waals surface area contributed by atoms with Crippen molar-refractivity contribution in [2.45, 2.75) is 52.2 Å². The summed E-state index contributed by atoms with van der Waals surface area (Å²) in [5, 5.41) is 0. The van der Waals surface area contributed by atoms with Crippen LogP contribution >= 0.6 is 0 Å². The van der Waals surface area contributed by atoms with Gasteiger partial charge in [0, 0.05) is 49.9 Å². The van der Waals surface area contributed by atoms with Crippen molar-refractivity contribution in [3.05, 3.63) is 29.3 Å². The minimum atomic E-state index is -0.618. The highest BCUT2D eigenvalue weighted by Gasteiger charge is 2.53. The fraction of sp³-hybridized carbons (Fsp3) is 0.654. The first-order valence-corrected chi connectivity index (χ1v) is 12.3. The van der Waals surface area contributed by atoms with E-state index < -0.39 is 23.3 Å². The number of likely N-dealkylation sites (tertiary alicyclic amines) is 1. The molecular formula is C26H38N4O4. The summed E-state index contributed by atoms with van der Waals surface area (Å²) in [4.78, 5) is 45.6. The maximum Gasteiger partial charge on any atom is 0.249 e. The van der Waals surface area contributed by atoms with Crippen LogP contribution in [0.3, 0.4) is 0 Å². The van der Waals surface area contributed by atoms with Crippen LogP contribution in [0.25, 0.3) is 0 Å². The number of nitrogens with zero attached hydrogens (tertiary/aromatic N) is 3. The van der Waals surface area contributed by atoms with Gasteiger partial charge in [-0.1, -0.05) is 27.7 Å². The molecule has 3 aliphatic heterocycles. The molecule has 34 heavy (non-hydrogen) atoms. The molecule has 3 heterocycles. The second kappa shape index (κ2) is 9.30. The number of benzene rings is 1. The van der Waals surface area contributed by atoms with E-state index in [4.69, 9.17) is 10.5 Å². The lowest BCUT2D eigenvalue weighted by molar-refractivity contribution is -0.139. The number of carbonyl (C=O) groups excluding carboxylic acids is 3. The van der Waals surface area contributed by atoms with Gasteiger partial charge >= 0.3 is 0 Å². The number of ketones is 1. The van der Waals surface area contributed by atoms with Crippen LogP contribution in [-0.4, -0.2) is 85.9 Å². The lowest BCUT2D eigenvalue weighted by Crippen LogP contribution is -2.47. The molecule has 0 bridgehead atoms. The number of amides is 2. The smallest absolute Gasteiger partial charge is 0.249 e. The monoisotopic (exact) mass is 470 g/mol. The van der Waals surface area contributed by atoms with Crippen molar-refractivity contribution in [1.29, 1.82) is 0 Å². The van der Waals surface area contributed by atoms with E-state index >= 15 is 0 Å². The van der Waals surface area contributed by atoms with Crippen molar-refractivity contribution < 1.29 is 19.1 Å². The first kappa shape index (κ1) is 24.7. The van der Waals surface area contributed by atoms with Crippen LogP contribution in [0.1, 0.15) is 56.0 Å². The molecule has 4 atom stereocenters. The Morgan fingerprint density at radius 1 is 1.18 bits per heavy atom. The van der Waals surface area contributed by atoms with Gasteiger partial charge in [-0.05, 0) is 42.6 Å². The van der Waals surface area contributed by atoms with Crippen molar-refractivity contribution in [3.63, 3.8) is 0 Å². The Labute approximate surface area is 202 Å². The maximum absolute atomic E-state index is 14.2. The molecule has 1 aromatic rings. The van der Waals surface area contributed by atoms with Gasteiger partial charge in [0.2, 0.25) is 11.8 Å². The Bertz CT molecular complexity index is 964. The molecule has 4 rings (SSSR count). The van der Waals surface area contributed by atoms with Gasteiger partial charge in [-0.3, -0.25) is 14.4 Å². The SMILES string of the molecule is CC[C@H]1CN(C(=O)[C@H](c2cc(N3CCN(C)CC3)ccc2C(N)=O)C(C)(C)C)[C@@H]2C(=O)CO[C@H]12. The van der Waals surface area contributed by atoms with Crippen LogP contribution in [0.5, 0.6) is 0 Å². The van der Waals surface area contributed by atoms with Crippen molar-refractivity contribution >= 4 is 23.3 Å². The predicted octanol–water partition coefficient (Wildman–Crippen LogP) is 1.87. The highest BCUT2D eigenvalue weighted by molar-refractivity contribution is 5.99. The topological polar surface area (TPSA) is 96.2 Å². The highest BCUT2D eigenvalue weighted by atomic mass is 16.5. The largest absolute Gasteiger partial charge is 0.369 e. The number of Topliss-reactive ketones (excluding diaryl/α,β-unsaturated/α-hetero) is 1. The maximum atomic E-state index is 14.2. The molecule has 0 aromatic heterocycles. The van der Waals surface area contributed by atoms with Crippen LogP contribution in [0.4, 0.5) is 5.69 Å². The van der Waals surface area contributed by atoms with Crippen molar-refractivity contribution in [2.24, 2.45) is 17.1 Å². The minimum Gasteiger partial charge on any atom is -0.369 e. The van der Waals surface area contributed by atoms with Gasteiger partial charge < -0.3 is 25.2 Å². The molecule has 8 nitrogen and oxygen atoms in total. The fourth-order valence-electron chi connectivity index (χ4n) is 5.75. The summed E-state index contributed by atoms with van der Waals surface area (Å²) < 4.78 is 5.79. The van der Waals surface area contributed by atoms with Gasteiger partial charge in [-0.25, -0.2) is 0 Å². The summed E-state index contributed by atoms with van der Waals surface area (Å²) >= 11 is 0. The van der Waals surface area contributed by atoms with Crippen molar-refractivity contribution in [2.75, 3.05) is 51.3 Å². The average Bonchev–Trinajstić information content (AvgIpc) is 3.33. The van der Waals surface area contributed by atoms with Crippen LogP contribution in [0.2, 0.25) is 0 Å². The Balaban J connectivity index is 1.75. The third kappa shape index (κ3) is 4.45. The Hall–Kier alpha value is -2.45. The molecule has 3 fully saturated rings. The van der Waals surface area contributed by atoms with Gasteiger partial charge in [0.1, 0.15) is 12.6 Å².